The number of aromatic carboxylic acids is 1. The first-order valence-electron chi connectivity index (χ1n) is 8.29. The molecule has 0 saturated carbocycles. The van der Waals surface area contributed by atoms with Crippen molar-refractivity contribution in [2.75, 3.05) is 5.32 Å². The molecule has 0 bridgehead atoms. The van der Waals surface area contributed by atoms with Gasteiger partial charge in [-0.05, 0) is 35.9 Å². The number of anilines is 1. The zero-order valence-electron chi connectivity index (χ0n) is 15.3. The number of carbonyl (C=O) groups excluding carboxylic acids is 2. The van der Waals surface area contributed by atoms with Crippen molar-refractivity contribution in [3.05, 3.63) is 65.0 Å². The van der Waals surface area contributed by atoms with Crippen LogP contribution in [0.4, 0.5) is 10.1 Å². The summed E-state index contributed by atoms with van der Waals surface area (Å²) in [5.41, 5.74) is 0.336. The third-order valence-electron chi connectivity index (χ3n) is 3.81. The first kappa shape index (κ1) is 20.1. The first-order valence-corrected chi connectivity index (χ1v) is 8.29. The number of halogens is 1. The number of amides is 2. The summed E-state index contributed by atoms with van der Waals surface area (Å²) in [6, 6.07) is 9.78. The summed E-state index contributed by atoms with van der Waals surface area (Å²) < 4.78 is 13.9. The molecule has 27 heavy (non-hydrogen) atoms. The molecule has 7 heteroatoms. The fourth-order valence-electron chi connectivity index (χ4n) is 2.17. The SMILES string of the molecule is CC(C)(C)C(=O)NCc1ccc(C(=O)Nc2ccc(C(=O)O)cc2F)cc1. The van der Waals surface area contributed by atoms with Crippen molar-refractivity contribution in [2.45, 2.75) is 27.3 Å². The van der Waals surface area contributed by atoms with Crippen LogP contribution in [0.15, 0.2) is 42.5 Å². The van der Waals surface area contributed by atoms with Crippen molar-refractivity contribution in [3.63, 3.8) is 0 Å². The Hall–Kier alpha value is -3.22. The van der Waals surface area contributed by atoms with Crippen molar-refractivity contribution >= 4 is 23.5 Å². The maximum atomic E-state index is 13.9. The van der Waals surface area contributed by atoms with Gasteiger partial charge in [0.2, 0.25) is 5.91 Å². The Balaban J connectivity index is 2.01. The summed E-state index contributed by atoms with van der Waals surface area (Å²) in [5, 5.41) is 14.0. The smallest absolute Gasteiger partial charge is 0.335 e. The Bertz CT molecular complexity index is 871. The summed E-state index contributed by atoms with van der Waals surface area (Å²) in [5.74, 6) is -2.68. The topological polar surface area (TPSA) is 95.5 Å². The quantitative estimate of drug-likeness (QED) is 0.749. The van der Waals surface area contributed by atoms with E-state index in [0.29, 0.717) is 12.1 Å². The van der Waals surface area contributed by atoms with Crippen LogP contribution in [0.1, 0.15) is 47.1 Å². The number of rotatable bonds is 5. The number of carboxylic acids is 1. The summed E-state index contributed by atoms with van der Waals surface area (Å²) in [4.78, 5) is 34.9. The van der Waals surface area contributed by atoms with Crippen LogP contribution < -0.4 is 10.6 Å². The van der Waals surface area contributed by atoms with E-state index >= 15 is 0 Å². The molecule has 0 saturated heterocycles. The van der Waals surface area contributed by atoms with Crippen molar-refractivity contribution in [2.24, 2.45) is 5.41 Å². The number of hydrogen-bond acceptors (Lipinski definition) is 3. The molecule has 3 N–H and O–H groups in total. The van der Waals surface area contributed by atoms with Gasteiger partial charge in [0.1, 0.15) is 5.82 Å². The van der Waals surface area contributed by atoms with E-state index in [1.165, 1.54) is 12.1 Å². The predicted octanol–water partition coefficient (Wildman–Crippen LogP) is 3.44. The minimum Gasteiger partial charge on any atom is -0.478 e. The lowest BCUT2D eigenvalue weighted by atomic mass is 9.95. The Morgan fingerprint density at radius 2 is 1.59 bits per heavy atom. The van der Waals surface area contributed by atoms with Gasteiger partial charge in [-0.3, -0.25) is 9.59 Å². The largest absolute Gasteiger partial charge is 0.478 e. The second kappa shape index (κ2) is 7.99. The zero-order valence-corrected chi connectivity index (χ0v) is 15.3. The molecule has 2 amide bonds. The molecule has 0 heterocycles. The molecule has 6 nitrogen and oxygen atoms in total. The van der Waals surface area contributed by atoms with Gasteiger partial charge in [-0.2, -0.15) is 0 Å². The number of carbonyl (C=O) groups is 3. The van der Waals surface area contributed by atoms with Gasteiger partial charge in [-0.1, -0.05) is 32.9 Å². The van der Waals surface area contributed by atoms with E-state index in [2.05, 4.69) is 10.6 Å². The van der Waals surface area contributed by atoms with E-state index in [0.717, 1.165) is 11.6 Å². The van der Waals surface area contributed by atoms with Gasteiger partial charge in [-0.15, -0.1) is 0 Å². The Labute approximate surface area is 156 Å². The molecule has 0 radical (unpaired) electrons. The second-order valence-corrected chi connectivity index (χ2v) is 7.08. The molecular weight excluding hydrogens is 351 g/mol. The maximum absolute atomic E-state index is 13.9. The second-order valence-electron chi connectivity index (χ2n) is 7.08. The molecule has 2 aromatic rings. The molecule has 0 aliphatic rings. The maximum Gasteiger partial charge on any atom is 0.335 e. The molecule has 0 aromatic heterocycles. The highest BCUT2D eigenvalue weighted by molar-refractivity contribution is 6.04. The van der Waals surface area contributed by atoms with E-state index in [4.69, 9.17) is 5.11 Å². The average Bonchev–Trinajstić information content (AvgIpc) is 2.60. The van der Waals surface area contributed by atoms with Gasteiger partial charge >= 0.3 is 5.97 Å². The molecule has 2 aromatic carbocycles. The number of benzene rings is 2. The van der Waals surface area contributed by atoms with E-state index in [1.54, 1.807) is 24.3 Å². The van der Waals surface area contributed by atoms with E-state index in [9.17, 15) is 18.8 Å². The van der Waals surface area contributed by atoms with Crippen LogP contribution in [0.5, 0.6) is 0 Å². The highest BCUT2D eigenvalue weighted by Gasteiger charge is 2.20. The molecule has 0 unspecified atom stereocenters. The van der Waals surface area contributed by atoms with Crippen LogP contribution in [0.25, 0.3) is 0 Å². The van der Waals surface area contributed by atoms with Gasteiger partial charge in [0, 0.05) is 17.5 Å². The number of nitrogens with one attached hydrogen (secondary N) is 2. The van der Waals surface area contributed by atoms with Crippen LogP contribution >= 0.6 is 0 Å². The van der Waals surface area contributed by atoms with Crippen LogP contribution in [0, 0.1) is 11.2 Å². The van der Waals surface area contributed by atoms with E-state index < -0.39 is 23.1 Å². The third kappa shape index (κ3) is 5.37. The highest BCUT2D eigenvalue weighted by Crippen LogP contribution is 2.17. The Morgan fingerprint density at radius 3 is 2.11 bits per heavy atom. The molecule has 2 rings (SSSR count). The number of carboxylic acid groups (broad SMARTS) is 1. The Morgan fingerprint density at radius 1 is 1.00 bits per heavy atom. The molecule has 0 atom stereocenters. The van der Waals surface area contributed by atoms with Crippen molar-refractivity contribution in [1.29, 1.82) is 0 Å². The fraction of sp³-hybridized carbons (Fsp3) is 0.250. The highest BCUT2D eigenvalue weighted by atomic mass is 19.1. The van der Waals surface area contributed by atoms with Crippen molar-refractivity contribution < 1.29 is 23.9 Å². The summed E-state index contributed by atoms with van der Waals surface area (Å²) in [6.07, 6.45) is 0. The summed E-state index contributed by atoms with van der Waals surface area (Å²) >= 11 is 0. The van der Waals surface area contributed by atoms with Gasteiger partial charge in [-0.25, -0.2) is 9.18 Å². The lowest BCUT2D eigenvalue weighted by Gasteiger charge is -2.17. The summed E-state index contributed by atoms with van der Waals surface area (Å²) in [6.45, 7) is 5.79. The molecule has 0 aliphatic heterocycles. The Kier molecular flexibility index (Phi) is 5.95. The normalized spacial score (nSPS) is 11.0. The number of hydrogen-bond donors (Lipinski definition) is 3. The molecule has 0 fully saturated rings. The van der Waals surface area contributed by atoms with Crippen molar-refractivity contribution in [1.82, 2.24) is 5.32 Å². The lowest BCUT2D eigenvalue weighted by Crippen LogP contribution is -2.34. The molecule has 0 spiro atoms. The van der Waals surface area contributed by atoms with Crippen LogP contribution in [-0.4, -0.2) is 22.9 Å². The lowest BCUT2D eigenvalue weighted by molar-refractivity contribution is -0.128. The third-order valence-corrected chi connectivity index (χ3v) is 3.81. The monoisotopic (exact) mass is 372 g/mol. The average molecular weight is 372 g/mol. The van der Waals surface area contributed by atoms with Crippen molar-refractivity contribution in [3.8, 4) is 0 Å². The van der Waals surface area contributed by atoms with Gasteiger partial charge in [0.05, 0.1) is 11.3 Å². The fourth-order valence-corrected chi connectivity index (χ4v) is 2.17. The zero-order chi connectivity index (χ0) is 20.2. The van der Waals surface area contributed by atoms with Gasteiger partial charge < -0.3 is 15.7 Å². The van der Waals surface area contributed by atoms with Crippen LogP contribution in [-0.2, 0) is 11.3 Å². The van der Waals surface area contributed by atoms with Crippen LogP contribution in [0.2, 0.25) is 0 Å². The van der Waals surface area contributed by atoms with E-state index in [-0.39, 0.29) is 17.2 Å². The predicted molar refractivity (Wildman–Crippen MR) is 99.1 cm³/mol. The van der Waals surface area contributed by atoms with E-state index in [1.807, 2.05) is 20.8 Å². The minimum absolute atomic E-state index is 0.0791. The molecular formula is C20H21FN2O4. The standard InChI is InChI=1S/C20H21FN2O4/c1-20(2,3)19(27)22-11-12-4-6-13(7-5-12)17(24)23-16-9-8-14(18(25)26)10-15(16)21/h4-10H,11H2,1-3H3,(H,22,27)(H,23,24)(H,25,26). The van der Waals surface area contributed by atoms with Gasteiger partial charge in [0.15, 0.2) is 0 Å². The van der Waals surface area contributed by atoms with Crippen LogP contribution in [0.3, 0.4) is 0 Å². The minimum atomic E-state index is -1.25. The van der Waals surface area contributed by atoms with Gasteiger partial charge in [0.25, 0.3) is 5.91 Å². The molecule has 0 aliphatic carbocycles. The summed E-state index contributed by atoms with van der Waals surface area (Å²) in [7, 11) is 0. The molecule has 142 valence electrons. The first-order chi connectivity index (χ1) is 12.6.